The van der Waals surface area contributed by atoms with Crippen LogP contribution in [0.15, 0.2) is 77.7 Å². The van der Waals surface area contributed by atoms with Gasteiger partial charge in [-0.05, 0) is 67.6 Å². The summed E-state index contributed by atoms with van der Waals surface area (Å²) in [6, 6.07) is 21.2. The summed E-state index contributed by atoms with van der Waals surface area (Å²) in [5, 5.41) is 3.07. The molecule has 3 aromatic carbocycles. The predicted molar refractivity (Wildman–Crippen MR) is 140 cm³/mol. The number of para-hydroxylation sites is 1. The molecule has 1 atom stereocenters. The lowest BCUT2D eigenvalue weighted by Gasteiger charge is -2.27. The van der Waals surface area contributed by atoms with Gasteiger partial charge < -0.3 is 10.1 Å². The van der Waals surface area contributed by atoms with Gasteiger partial charge in [0.15, 0.2) is 0 Å². The monoisotopic (exact) mass is 494 g/mol. The molecule has 0 bridgehead atoms. The SMILES string of the molecule is COc1ccc([C@H](CC(C)C)NC(=O)CN(c2ccccc2C)S(=O)(=O)c2ccc(C)cc2)cc1. The second-order valence-electron chi connectivity index (χ2n) is 9.13. The van der Waals surface area contributed by atoms with Crippen molar-refractivity contribution in [2.75, 3.05) is 18.0 Å². The summed E-state index contributed by atoms with van der Waals surface area (Å²) in [4.78, 5) is 13.5. The fourth-order valence-electron chi connectivity index (χ4n) is 3.94. The van der Waals surface area contributed by atoms with Crippen molar-refractivity contribution >= 4 is 21.6 Å². The lowest BCUT2D eigenvalue weighted by atomic mass is 9.97. The molecule has 0 aliphatic heterocycles. The molecule has 1 amide bonds. The van der Waals surface area contributed by atoms with Crippen molar-refractivity contribution in [3.63, 3.8) is 0 Å². The minimum Gasteiger partial charge on any atom is -0.497 e. The molecule has 1 N–H and O–H groups in total. The van der Waals surface area contributed by atoms with E-state index in [0.717, 1.165) is 22.4 Å². The molecule has 0 fully saturated rings. The van der Waals surface area contributed by atoms with Gasteiger partial charge in [0.2, 0.25) is 5.91 Å². The lowest BCUT2D eigenvalue weighted by molar-refractivity contribution is -0.120. The van der Waals surface area contributed by atoms with Gasteiger partial charge in [0.05, 0.1) is 23.7 Å². The quantitative estimate of drug-likeness (QED) is 0.409. The average molecular weight is 495 g/mol. The van der Waals surface area contributed by atoms with Crippen LogP contribution in [0, 0.1) is 19.8 Å². The summed E-state index contributed by atoms with van der Waals surface area (Å²) >= 11 is 0. The van der Waals surface area contributed by atoms with Crippen molar-refractivity contribution in [3.8, 4) is 5.75 Å². The number of rotatable bonds is 10. The fourth-order valence-corrected chi connectivity index (χ4v) is 5.42. The van der Waals surface area contributed by atoms with E-state index < -0.39 is 10.0 Å². The van der Waals surface area contributed by atoms with Crippen molar-refractivity contribution in [2.24, 2.45) is 5.92 Å². The first-order valence-corrected chi connectivity index (χ1v) is 13.1. The number of methoxy groups -OCH3 is 1. The van der Waals surface area contributed by atoms with Crippen molar-refractivity contribution < 1.29 is 17.9 Å². The molecular formula is C28H34N2O4S. The van der Waals surface area contributed by atoms with Crippen LogP contribution in [0.4, 0.5) is 5.69 Å². The summed E-state index contributed by atoms with van der Waals surface area (Å²) in [5.74, 6) is 0.690. The number of amides is 1. The minimum atomic E-state index is -3.96. The van der Waals surface area contributed by atoms with Crippen LogP contribution in [0.3, 0.4) is 0 Å². The molecule has 35 heavy (non-hydrogen) atoms. The van der Waals surface area contributed by atoms with Crippen LogP contribution in [0.2, 0.25) is 0 Å². The van der Waals surface area contributed by atoms with Crippen molar-refractivity contribution in [1.82, 2.24) is 5.32 Å². The number of aryl methyl sites for hydroxylation is 2. The third-order valence-corrected chi connectivity index (χ3v) is 7.61. The zero-order valence-electron chi connectivity index (χ0n) is 21.0. The van der Waals surface area contributed by atoms with Gasteiger partial charge in [-0.1, -0.05) is 61.9 Å². The summed E-state index contributed by atoms with van der Waals surface area (Å²) in [7, 11) is -2.36. The van der Waals surface area contributed by atoms with Crippen LogP contribution in [-0.2, 0) is 14.8 Å². The van der Waals surface area contributed by atoms with E-state index in [0.29, 0.717) is 18.0 Å². The standard InChI is InChI=1S/C28H34N2O4S/c1-20(2)18-26(23-12-14-24(34-5)15-13-23)29-28(31)19-30(27-9-7-6-8-22(27)4)35(32,33)25-16-10-21(3)11-17-25/h6-17,20,26H,18-19H2,1-5H3,(H,29,31)/t26-/m0/s1. The highest BCUT2D eigenvalue weighted by atomic mass is 32.2. The molecule has 0 unspecified atom stereocenters. The summed E-state index contributed by atoms with van der Waals surface area (Å²) in [6.45, 7) is 7.58. The smallest absolute Gasteiger partial charge is 0.264 e. The molecule has 6 nitrogen and oxygen atoms in total. The zero-order chi connectivity index (χ0) is 25.6. The fraction of sp³-hybridized carbons (Fsp3) is 0.321. The number of hydrogen-bond donors (Lipinski definition) is 1. The third kappa shape index (κ3) is 6.63. The van der Waals surface area contributed by atoms with Crippen LogP contribution in [-0.4, -0.2) is 28.0 Å². The number of nitrogens with zero attached hydrogens (tertiary/aromatic N) is 1. The van der Waals surface area contributed by atoms with E-state index in [2.05, 4.69) is 19.2 Å². The molecule has 3 rings (SSSR count). The second kappa shape index (κ2) is 11.4. The van der Waals surface area contributed by atoms with E-state index in [1.807, 2.05) is 50.2 Å². The normalized spacial score (nSPS) is 12.3. The van der Waals surface area contributed by atoms with Gasteiger partial charge in [0, 0.05) is 0 Å². The maximum absolute atomic E-state index is 13.7. The number of carbonyl (C=O) groups is 1. The zero-order valence-corrected chi connectivity index (χ0v) is 21.8. The number of hydrogen-bond acceptors (Lipinski definition) is 4. The molecule has 3 aromatic rings. The molecule has 7 heteroatoms. The summed E-state index contributed by atoms with van der Waals surface area (Å²) in [5.41, 5.74) is 3.15. The predicted octanol–water partition coefficient (Wildman–Crippen LogP) is 5.41. The Morgan fingerprint density at radius 3 is 2.14 bits per heavy atom. The van der Waals surface area contributed by atoms with E-state index in [-0.39, 0.29) is 23.4 Å². The summed E-state index contributed by atoms with van der Waals surface area (Å²) in [6.07, 6.45) is 0.715. The number of ether oxygens (including phenoxy) is 1. The van der Waals surface area contributed by atoms with Crippen molar-refractivity contribution in [1.29, 1.82) is 0 Å². The Hall–Kier alpha value is -3.32. The molecule has 0 heterocycles. The van der Waals surface area contributed by atoms with Gasteiger partial charge in [-0.2, -0.15) is 0 Å². The Morgan fingerprint density at radius 1 is 0.943 bits per heavy atom. The third-order valence-electron chi connectivity index (χ3n) is 5.84. The Bertz CT molecular complexity index is 1240. The first-order chi connectivity index (χ1) is 16.6. The topological polar surface area (TPSA) is 75.7 Å². The number of sulfonamides is 1. The Morgan fingerprint density at radius 2 is 1.57 bits per heavy atom. The number of anilines is 1. The molecule has 0 saturated heterocycles. The van der Waals surface area contributed by atoms with Gasteiger partial charge in [-0.3, -0.25) is 9.10 Å². The van der Waals surface area contributed by atoms with Gasteiger partial charge in [-0.15, -0.1) is 0 Å². The van der Waals surface area contributed by atoms with Crippen molar-refractivity contribution in [3.05, 3.63) is 89.5 Å². The van der Waals surface area contributed by atoms with Gasteiger partial charge in [0.1, 0.15) is 12.3 Å². The second-order valence-corrected chi connectivity index (χ2v) is 11.0. The van der Waals surface area contributed by atoms with Crippen LogP contribution in [0.25, 0.3) is 0 Å². The highest BCUT2D eigenvalue weighted by molar-refractivity contribution is 7.92. The van der Waals surface area contributed by atoms with Gasteiger partial charge >= 0.3 is 0 Å². The van der Waals surface area contributed by atoms with Crippen LogP contribution in [0.5, 0.6) is 5.75 Å². The molecule has 0 aliphatic rings. The largest absolute Gasteiger partial charge is 0.497 e. The Balaban J connectivity index is 1.93. The molecule has 0 aromatic heterocycles. The summed E-state index contributed by atoms with van der Waals surface area (Å²) < 4.78 is 33.8. The molecule has 186 valence electrons. The number of benzene rings is 3. The highest BCUT2D eigenvalue weighted by Crippen LogP contribution is 2.28. The number of carbonyl (C=O) groups excluding carboxylic acids is 1. The molecule has 0 aliphatic carbocycles. The molecule has 0 spiro atoms. The van der Waals surface area contributed by atoms with Crippen LogP contribution in [0.1, 0.15) is 43.0 Å². The Labute approximate surface area is 209 Å². The lowest BCUT2D eigenvalue weighted by Crippen LogP contribution is -2.42. The number of nitrogens with one attached hydrogen (secondary N) is 1. The van der Waals surface area contributed by atoms with E-state index >= 15 is 0 Å². The van der Waals surface area contributed by atoms with E-state index in [4.69, 9.17) is 4.74 Å². The van der Waals surface area contributed by atoms with Crippen molar-refractivity contribution in [2.45, 2.75) is 45.1 Å². The van der Waals surface area contributed by atoms with Crippen LogP contribution >= 0.6 is 0 Å². The minimum absolute atomic E-state index is 0.146. The van der Waals surface area contributed by atoms with Crippen LogP contribution < -0.4 is 14.4 Å². The maximum Gasteiger partial charge on any atom is 0.264 e. The molecule has 0 radical (unpaired) electrons. The van der Waals surface area contributed by atoms with E-state index in [1.165, 1.54) is 4.31 Å². The highest BCUT2D eigenvalue weighted by Gasteiger charge is 2.29. The van der Waals surface area contributed by atoms with E-state index in [1.54, 1.807) is 43.5 Å². The Kier molecular flexibility index (Phi) is 8.57. The average Bonchev–Trinajstić information content (AvgIpc) is 2.82. The van der Waals surface area contributed by atoms with Gasteiger partial charge in [0.25, 0.3) is 10.0 Å². The molecule has 0 saturated carbocycles. The first kappa shape index (κ1) is 26.3. The first-order valence-electron chi connectivity index (χ1n) is 11.7. The molecular weight excluding hydrogens is 460 g/mol. The maximum atomic E-state index is 13.7. The van der Waals surface area contributed by atoms with E-state index in [9.17, 15) is 13.2 Å². The van der Waals surface area contributed by atoms with Gasteiger partial charge in [-0.25, -0.2) is 8.42 Å².